The number of likely N-dealkylation sites (tertiary alicyclic amines) is 1. The Bertz CT molecular complexity index is 910. The summed E-state index contributed by atoms with van der Waals surface area (Å²) in [5, 5.41) is 1.33. The first-order valence-electron chi connectivity index (χ1n) is 9.92. The molecule has 0 spiro atoms. The largest absolute Gasteiger partial charge is 0.337 e. The Morgan fingerprint density at radius 1 is 1.26 bits per heavy atom. The maximum atomic E-state index is 12.7. The van der Waals surface area contributed by atoms with Crippen LogP contribution < -0.4 is 5.56 Å². The van der Waals surface area contributed by atoms with Crippen molar-refractivity contribution in [2.45, 2.75) is 76.5 Å². The summed E-state index contributed by atoms with van der Waals surface area (Å²) in [7, 11) is 0. The van der Waals surface area contributed by atoms with Gasteiger partial charge in [0.25, 0.3) is 5.56 Å². The van der Waals surface area contributed by atoms with E-state index in [-0.39, 0.29) is 11.5 Å². The molecule has 1 aliphatic carbocycles. The van der Waals surface area contributed by atoms with Gasteiger partial charge in [0.1, 0.15) is 4.83 Å². The molecule has 1 fully saturated rings. The van der Waals surface area contributed by atoms with E-state index in [0.29, 0.717) is 28.9 Å². The number of nitrogens with one attached hydrogen (secondary N) is 1. The van der Waals surface area contributed by atoms with Crippen molar-refractivity contribution < 1.29 is 4.79 Å². The zero-order valence-electron chi connectivity index (χ0n) is 16.2. The Hall–Kier alpha value is -1.34. The molecule has 1 aliphatic heterocycles. The molecule has 0 radical (unpaired) electrons. The summed E-state index contributed by atoms with van der Waals surface area (Å²) >= 11 is 3.01. The number of carbonyl (C=O) groups is 1. The van der Waals surface area contributed by atoms with Crippen LogP contribution >= 0.6 is 23.1 Å². The van der Waals surface area contributed by atoms with Crippen molar-refractivity contribution in [2.75, 3.05) is 5.75 Å². The van der Waals surface area contributed by atoms with Crippen LogP contribution in [0.25, 0.3) is 10.2 Å². The summed E-state index contributed by atoms with van der Waals surface area (Å²) in [6.07, 6.45) is 6.47. The normalized spacial score (nSPS) is 25.6. The zero-order chi connectivity index (χ0) is 19.1. The highest BCUT2D eigenvalue weighted by Crippen LogP contribution is 2.36. The number of H-pyrrole nitrogens is 1. The topological polar surface area (TPSA) is 66.1 Å². The van der Waals surface area contributed by atoms with E-state index in [2.05, 4.69) is 30.7 Å². The fraction of sp³-hybridized carbons (Fsp3) is 0.650. The van der Waals surface area contributed by atoms with Gasteiger partial charge < -0.3 is 9.88 Å². The molecule has 3 atom stereocenters. The number of rotatable bonds is 3. The Morgan fingerprint density at radius 2 is 2.00 bits per heavy atom. The number of amides is 1. The van der Waals surface area contributed by atoms with Crippen LogP contribution in [0.2, 0.25) is 0 Å². The Morgan fingerprint density at radius 3 is 2.74 bits per heavy atom. The second kappa shape index (κ2) is 7.59. The standard InChI is InChI=1S/C20H27N3O2S2/c1-11-7-8-14-15(9-11)27-19-17(14)18(25)21-20(22-19)26-10-16(24)23-12(2)5-4-6-13(23)3/h11-13H,4-10H2,1-3H3,(H,21,22,25)/t11-,12-,13-/m0/s1. The first-order chi connectivity index (χ1) is 12.9. The van der Waals surface area contributed by atoms with Crippen molar-refractivity contribution in [3.63, 3.8) is 0 Å². The van der Waals surface area contributed by atoms with Crippen molar-refractivity contribution in [3.8, 4) is 0 Å². The van der Waals surface area contributed by atoms with Crippen LogP contribution in [0, 0.1) is 5.92 Å². The van der Waals surface area contributed by atoms with Crippen LogP contribution in [0.15, 0.2) is 9.95 Å². The van der Waals surface area contributed by atoms with E-state index in [1.54, 1.807) is 11.3 Å². The minimum Gasteiger partial charge on any atom is -0.337 e. The van der Waals surface area contributed by atoms with Gasteiger partial charge in [-0.3, -0.25) is 9.59 Å². The second-order valence-corrected chi connectivity index (χ2v) is 10.2. The fourth-order valence-electron chi connectivity index (χ4n) is 4.51. The summed E-state index contributed by atoms with van der Waals surface area (Å²) in [5.41, 5.74) is 1.15. The van der Waals surface area contributed by atoms with Gasteiger partial charge in [-0.1, -0.05) is 18.7 Å². The lowest BCUT2D eigenvalue weighted by molar-refractivity contribution is -0.134. The summed E-state index contributed by atoms with van der Waals surface area (Å²) < 4.78 is 0. The van der Waals surface area contributed by atoms with Gasteiger partial charge in [0.15, 0.2) is 5.16 Å². The monoisotopic (exact) mass is 405 g/mol. The summed E-state index contributed by atoms with van der Waals surface area (Å²) in [5.74, 6) is 1.14. The molecule has 146 valence electrons. The van der Waals surface area contributed by atoms with Crippen molar-refractivity contribution in [3.05, 3.63) is 20.8 Å². The van der Waals surface area contributed by atoms with Gasteiger partial charge in [0, 0.05) is 17.0 Å². The number of thiophene rings is 1. The van der Waals surface area contributed by atoms with Crippen molar-refractivity contribution >= 4 is 39.2 Å². The molecule has 27 heavy (non-hydrogen) atoms. The predicted octanol–water partition coefficient (Wildman–Crippen LogP) is 3.99. The highest BCUT2D eigenvalue weighted by molar-refractivity contribution is 7.99. The van der Waals surface area contributed by atoms with Gasteiger partial charge in [-0.15, -0.1) is 11.3 Å². The molecule has 4 rings (SSSR count). The maximum absolute atomic E-state index is 12.7. The third-order valence-electron chi connectivity index (χ3n) is 5.96. The first kappa shape index (κ1) is 19.0. The Kier molecular flexibility index (Phi) is 5.34. The molecule has 2 aliphatic rings. The van der Waals surface area contributed by atoms with E-state index in [9.17, 15) is 9.59 Å². The molecule has 0 aromatic carbocycles. The van der Waals surface area contributed by atoms with Crippen LogP contribution in [0.1, 0.15) is 56.9 Å². The van der Waals surface area contributed by atoms with Crippen molar-refractivity contribution in [2.24, 2.45) is 5.92 Å². The van der Waals surface area contributed by atoms with Crippen molar-refractivity contribution in [1.82, 2.24) is 14.9 Å². The van der Waals surface area contributed by atoms with E-state index in [1.807, 2.05) is 4.90 Å². The third-order valence-corrected chi connectivity index (χ3v) is 7.96. The number of aromatic nitrogens is 2. The van der Waals surface area contributed by atoms with Gasteiger partial charge in [-0.05, 0) is 63.9 Å². The number of carbonyl (C=O) groups excluding carboxylic acids is 1. The third kappa shape index (κ3) is 3.68. The number of hydrogen-bond acceptors (Lipinski definition) is 5. The van der Waals surface area contributed by atoms with Gasteiger partial charge >= 0.3 is 0 Å². The van der Waals surface area contributed by atoms with E-state index in [1.165, 1.54) is 28.6 Å². The molecule has 5 nitrogen and oxygen atoms in total. The molecule has 2 aromatic heterocycles. The molecule has 0 bridgehead atoms. The average Bonchev–Trinajstić information content (AvgIpc) is 2.97. The summed E-state index contributed by atoms with van der Waals surface area (Å²) in [6, 6.07) is 0.588. The highest BCUT2D eigenvalue weighted by atomic mass is 32.2. The number of thioether (sulfide) groups is 1. The lowest BCUT2D eigenvalue weighted by Crippen LogP contribution is -2.48. The predicted molar refractivity (Wildman–Crippen MR) is 112 cm³/mol. The highest BCUT2D eigenvalue weighted by Gasteiger charge is 2.29. The van der Waals surface area contributed by atoms with E-state index >= 15 is 0 Å². The SMILES string of the molecule is C[C@H]1CCc2c(sc3nc(SCC(=O)N4[C@@H](C)CCC[C@@H]4C)[nH]c(=O)c23)C1. The molecule has 1 N–H and O–H groups in total. The number of aryl methyl sites for hydroxylation is 1. The van der Waals surface area contributed by atoms with Gasteiger partial charge in [-0.2, -0.15) is 0 Å². The molecule has 3 heterocycles. The Labute approximate surface area is 167 Å². The molecule has 0 unspecified atom stereocenters. The number of nitrogens with zero attached hydrogens (tertiary/aromatic N) is 2. The molecule has 1 saturated heterocycles. The van der Waals surface area contributed by atoms with Gasteiger partial charge in [0.2, 0.25) is 5.91 Å². The minimum absolute atomic E-state index is 0.0540. The van der Waals surface area contributed by atoms with Crippen LogP contribution in [0.5, 0.6) is 0 Å². The zero-order valence-corrected chi connectivity index (χ0v) is 17.8. The Balaban J connectivity index is 1.53. The summed E-state index contributed by atoms with van der Waals surface area (Å²) in [4.78, 5) is 37.1. The maximum Gasteiger partial charge on any atom is 0.260 e. The smallest absolute Gasteiger partial charge is 0.260 e. The number of fused-ring (bicyclic) bond motifs is 3. The van der Waals surface area contributed by atoms with Crippen LogP contribution in [-0.4, -0.2) is 38.6 Å². The lowest BCUT2D eigenvalue weighted by atomic mass is 9.89. The van der Waals surface area contributed by atoms with Gasteiger partial charge in [0.05, 0.1) is 11.1 Å². The van der Waals surface area contributed by atoms with E-state index in [4.69, 9.17) is 0 Å². The first-order valence-corrected chi connectivity index (χ1v) is 11.7. The molecule has 7 heteroatoms. The van der Waals surface area contributed by atoms with E-state index in [0.717, 1.165) is 42.3 Å². The number of hydrogen-bond donors (Lipinski definition) is 1. The van der Waals surface area contributed by atoms with Crippen LogP contribution in [0.3, 0.4) is 0 Å². The minimum atomic E-state index is -0.0540. The molecule has 1 amide bonds. The quantitative estimate of drug-likeness (QED) is 0.619. The lowest BCUT2D eigenvalue weighted by Gasteiger charge is -2.39. The van der Waals surface area contributed by atoms with Gasteiger partial charge in [-0.25, -0.2) is 4.98 Å². The van der Waals surface area contributed by atoms with E-state index < -0.39 is 0 Å². The molecular formula is C20H27N3O2S2. The summed E-state index contributed by atoms with van der Waals surface area (Å²) in [6.45, 7) is 6.52. The van der Waals surface area contributed by atoms with Crippen molar-refractivity contribution in [1.29, 1.82) is 0 Å². The van der Waals surface area contributed by atoms with Crippen LogP contribution in [-0.2, 0) is 17.6 Å². The van der Waals surface area contributed by atoms with Crippen LogP contribution in [0.4, 0.5) is 0 Å². The number of aromatic amines is 1. The molecular weight excluding hydrogens is 378 g/mol. The molecule has 0 saturated carbocycles. The second-order valence-electron chi connectivity index (χ2n) is 8.12. The average molecular weight is 406 g/mol. The number of piperidine rings is 1. The fourth-order valence-corrected chi connectivity index (χ4v) is 6.69. The molecule has 2 aromatic rings.